The molecule has 1 N–H and O–H groups in total. The molecule has 132 valence electrons. The molecule has 2 fully saturated rings. The van der Waals surface area contributed by atoms with Crippen molar-refractivity contribution in [3.63, 3.8) is 0 Å². The van der Waals surface area contributed by atoms with Gasteiger partial charge in [-0.3, -0.25) is 4.40 Å². The SMILES string of the molecule is CN1CCC(c2cn3c(cnc4[nH]cc(C5CCOCC5)c43)n2)CC1. The van der Waals surface area contributed by atoms with Gasteiger partial charge in [-0.25, -0.2) is 9.97 Å². The molecule has 2 aliphatic rings. The summed E-state index contributed by atoms with van der Waals surface area (Å²) in [6, 6.07) is 0. The molecular formula is C19H25N5O. The largest absolute Gasteiger partial charge is 0.381 e. The van der Waals surface area contributed by atoms with Crippen molar-refractivity contribution in [2.75, 3.05) is 33.4 Å². The maximum atomic E-state index is 5.54. The predicted molar refractivity (Wildman–Crippen MR) is 97.1 cm³/mol. The number of aromatic nitrogens is 4. The number of imidazole rings is 1. The third kappa shape index (κ3) is 2.64. The summed E-state index contributed by atoms with van der Waals surface area (Å²) in [7, 11) is 2.20. The zero-order valence-corrected chi connectivity index (χ0v) is 14.7. The zero-order chi connectivity index (χ0) is 16.8. The van der Waals surface area contributed by atoms with Gasteiger partial charge in [-0.15, -0.1) is 0 Å². The molecular weight excluding hydrogens is 314 g/mol. The molecule has 5 rings (SSSR count). The van der Waals surface area contributed by atoms with Crippen molar-refractivity contribution in [3.05, 3.63) is 29.8 Å². The average Bonchev–Trinajstić information content (AvgIpc) is 3.26. The summed E-state index contributed by atoms with van der Waals surface area (Å²) in [5.74, 6) is 1.11. The van der Waals surface area contributed by atoms with Crippen LogP contribution in [-0.2, 0) is 4.74 Å². The molecule has 25 heavy (non-hydrogen) atoms. The Morgan fingerprint density at radius 3 is 2.72 bits per heavy atom. The van der Waals surface area contributed by atoms with E-state index in [1.165, 1.54) is 29.6 Å². The highest BCUT2D eigenvalue weighted by atomic mass is 16.5. The second kappa shape index (κ2) is 6.11. The Kier molecular flexibility index (Phi) is 3.75. The zero-order valence-electron chi connectivity index (χ0n) is 14.7. The number of nitrogens with zero attached hydrogens (tertiary/aromatic N) is 4. The van der Waals surface area contributed by atoms with E-state index in [1.807, 2.05) is 6.20 Å². The molecule has 0 amide bonds. The topological polar surface area (TPSA) is 58.5 Å². The van der Waals surface area contributed by atoms with Gasteiger partial charge < -0.3 is 14.6 Å². The minimum atomic E-state index is 0.545. The van der Waals surface area contributed by atoms with Gasteiger partial charge in [-0.2, -0.15) is 0 Å². The third-order valence-electron chi connectivity index (χ3n) is 5.96. The number of likely N-dealkylation sites (tertiary alicyclic amines) is 1. The Labute approximate surface area is 147 Å². The first-order valence-electron chi connectivity index (χ1n) is 9.41. The second-order valence-electron chi connectivity index (χ2n) is 7.56. The number of rotatable bonds is 2. The van der Waals surface area contributed by atoms with Crippen LogP contribution in [0.5, 0.6) is 0 Å². The Hall–Kier alpha value is -1.92. The van der Waals surface area contributed by atoms with E-state index in [-0.39, 0.29) is 0 Å². The molecule has 0 bridgehead atoms. The maximum Gasteiger partial charge on any atom is 0.156 e. The quantitative estimate of drug-likeness (QED) is 0.780. The van der Waals surface area contributed by atoms with Crippen LogP contribution < -0.4 is 0 Å². The second-order valence-corrected chi connectivity index (χ2v) is 7.56. The van der Waals surface area contributed by atoms with E-state index in [4.69, 9.17) is 9.72 Å². The van der Waals surface area contributed by atoms with Crippen molar-refractivity contribution in [2.45, 2.75) is 37.5 Å². The molecule has 0 spiro atoms. The summed E-state index contributed by atoms with van der Waals surface area (Å²) in [6.07, 6.45) is 10.8. The monoisotopic (exact) mass is 339 g/mol. The number of ether oxygens (including phenoxy) is 1. The van der Waals surface area contributed by atoms with Crippen LogP contribution in [0.2, 0.25) is 0 Å². The summed E-state index contributed by atoms with van der Waals surface area (Å²) in [4.78, 5) is 15.3. The summed E-state index contributed by atoms with van der Waals surface area (Å²) in [6.45, 7) is 4.02. The van der Waals surface area contributed by atoms with E-state index in [0.717, 1.165) is 50.4 Å². The van der Waals surface area contributed by atoms with Gasteiger partial charge in [-0.1, -0.05) is 0 Å². The normalized spacial score (nSPS) is 21.5. The van der Waals surface area contributed by atoms with Gasteiger partial charge in [0.15, 0.2) is 11.3 Å². The van der Waals surface area contributed by atoms with E-state index in [1.54, 1.807) is 0 Å². The first kappa shape index (κ1) is 15.3. The van der Waals surface area contributed by atoms with E-state index in [2.05, 4.69) is 38.7 Å². The highest BCUT2D eigenvalue weighted by Crippen LogP contribution is 2.33. The fourth-order valence-corrected chi connectivity index (χ4v) is 4.40. The summed E-state index contributed by atoms with van der Waals surface area (Å²) < 4.78 is 7.80. The van der Waals surface area contributed by atoms with Gasteiger partial charge in [0.25, 0.3) is 0 Å². The van der Waals surface area contributed by atoms with Crippen molar-refractivity contribution < 1.29 is 4.74 Å². The summed E-state index contributed by atoms with van der Waals surface area (Å²) >= 11 is 0. The standard InChI is InChI=1S/C19H25N5O/c1-23-6-2-14(3-7-23)16-12-24-17(22-16)11-21-19-18(24)15(10-20-19)13-4-8-25-9-5-13/h10-14,20H,2-9H2,1H3. The van der Waals surface area contributed by atoms with Crippen LogP contribution in [0, 0.1) is 0 Å². The molecule has 6 nitrogen and oxygen atoms in total. The summed E-state index contributed by atoms with van der Waals surface area (Å²) in [5.41, 5.74) is 5.72. The molecule has 5 heterocycles. The molecule has 3 aromatic heterocycles. The third-order valence-corrected chi connectivity index (χ3v) is 5.96. The molecule has 0 aromatic carbocycles. The predicted octanol–water partition coefficient (Wildman–Crippen LogP) is 2.91. The Bertz CT molecular complexity index is 884. The Morgan fingerprint density at radius 2 is 1.92 bits per heavy atom. The number of nitrogens with one attached hydrogen (secondary N) is 1. The average molecular weight is 339 g/mol. The lowest BCUT2D eigenvalue weighted by Gasteiger charge is -2.27. The van der Waals surface area contributed by atoms with Gasteiger partial charge in [0, 0.05) is 31.5 Å². The van der Waals surface area contributed by atoms with E-state index in [0.29, 0.717) is 11.8 Å². The minimum absolute atomic E-state index is 0.545. The number of aromatic amines is 1. The molecule has 0 unspecified atom stereocenters. The number of piperidine rings is 1. The van der Waals surface area contributed by atoms with Gasteiger partial charge in [0.1, 0.15) is 0 Å². The Balaban J connectivity index is 1.58. The van der Waals surface area contributed by atoms with Crippen LogP contribution in [0.15, 0.2) is 18.6 Å². The van der Waals surface area contributed by atoms with Crippen molar-refractivity contribution in [1.82, 2.24) is 24.3 Å². The van der Waals surface area contributed by atoms with Crippen molar-refractivity contribution in [2.24, 2.45) is 0 Å². The van der Waals surface area contributed by atoms with Gasteiger partial charge in [0.2, 0.25) is 0 Å². The molecule has 3 aromatic rings. The number of H-pyrrole nitrogens is 1. The number of fused-ring (bicyclic) bond motifs is 3. The van der Waals surface area contributed by atoms with Crippen molar-refractivity contribution >= 4 is 16.8 Å². The van der Waals surface area contributed by atoms with Crippen LogP contribution in [0.25, 0.3) is 16.8 Å². The first-order valence-corrected chi connectivity index (χ1v) is 9.41. The molecule has 6 heteroatoms. The molecule has 0 radical (unpaired) electrons. The lowest BCUT2D eigenvalue weighted by Crippen LogP contribution is -2.29. The van der Waals surface area contributed by atoms with E-state index in [9.17, 15) is 0 Å². The van der Waals surface area contributed by atoms with Crippen LogP contribution in [-0.4, -0.2) is 57.6 Å². The van der Waals surface area contributed by atoms with Gasteiger partial charge >= 0.3 is 0 Å². The molecule has 0 aliphatic carbocycles. The van der Waals surface area contributed by atoms with E-state index < -0.39 is 0 Å². The first-order chi connectivity index (χ1) is 12.3. The lowest BCUT2D eigenvalue weighted by molar-refractivity contribution is 0.0856. The van der Waals surface area contributed by atoms with Gasteiger partial charge in [-0.05, 0) is 57.3 Å². The number of hydrogen-bond acceptors (Lipinski definition) is 4. The van der Waals surface area contributed by atoms with Crippen LogP contribution >= 0.6 is 0 Å². The van der Waals surface area contributed by atoms with Crippen LogP contribution in [0.3, 0.4) is 0 Å². The summed E-state index contributed by atoms with van der Waals surface area (Å²) in [5, 5.41) is 0. The fraction of sp³-hybridized carbons (Fsp3) is 0.579. The molecule has 2 saturated heterocycles. The Morgan fingerprint density at radius 1 is 1.12 bits per heavy atom. The van der Waals surface area contributed by atoms with Crippen molar-refractivity contribution in [3.8, 4) is 0 Å². The lowest BCUT2D eigenvalue weighted by atomic mass is 9.93. The van der Waals surface area contributed by atoms with Crippen LogP contribution in [0.1, 0.15) is 48.8 Å². The molecule has 0 atom stereocenters. The number of hydrogen-bond donors (Lipinski definition) is 1. The highest BCUT2D eigenvalue weighted by molar-refractivity contribution is 5.79. The molecule has 2 aliphatic heterocycles. The molecule has 0 saturated carbocycles. The van der Waals surface area contributed by atoms with Crippen molar-refractivity contribution in [1.29, 1.82) is 0 Å². The minimum Gasteiger partial charge on any atom is -0.381 e. The maximum absolute atomic E-state index is 5.54. The highest BCUT2D eigenvalue weighted by Gasteiger charge is 2.24. The fourth-order valence-electron chi connectivity index (χ4n) is 4.40. The van der Waals surface area contributed by atoms with Crippen LogP contribution in [0.4, 0.5) is 0 Å². The van der Waals surface area contributed by atoms with Gasteiger partial charge in [0.05, 0.1) is 17.4 Å². The van der Waals surface area contributed by atoms with E-state index >= 15 is 0 Å². The smallest absolute Gasteiger partial charge is 0.156 e.